The summed E-state index contributed by atoms with van der Waals surface area (Å²) in [5.41, 5.74) is 0.991. The molecular weight excluding hydrogens is 218 g/mol. The Labute approximate surface area is 103 Å². The van der Waals surface area contributed by atoms with Crippen molar-refractivity contribution in [2.45, 2.75) is 19.3 Å². The number of hydrogen-bond donors (Lipinski definition) is 2. The summed E-state index contributed by atoms with van der Waals surface area (Å²) in [7, 11) is 3.28. The minimum absolute atomic E-state index is 0.271. The van der Waals surface area contributed by atoms with Gasteiger partial charge in [-0.1, -0.05) is 0 Å². The summed E-state index contributed by atoms with van der Waals surface area (Å²) < 4.78 is 10.4. The molecule has 96 valence electrons. The van der Waals surface area contributed by atoms with Crippen LogP contribution in [-0.4, -0.2) is 32.5 Å². The molecule has 0 aliphatic heterocycles. The topological polar surface area (TPSA) is 50.7 Å². The molecule has 0 aliphatic rings. The number of unbranched alkanes of at least 4 members (excludes halogenated alkanes) is 2. The quantitative estimate of drug-likeness (QED) is 0.683. The number of anilines is 1. The van der Waals surface area contributed by atoms with Gasteiger partial charge in [0.2, 0.25) is 0 Å². The predicted molar refractivity (Wildman–Crippen MR) is 69.0 cm³/mol. The van der Waals surface area contributed by atoms with Crippen molar-refractivity contribution < 1.29 is 14.6 Å². The zero-order valence-electron chi connectivity index (χ0n) is 10.5. The fourth-order valence-corrected chi connectivity index (χ4v) is 1.56. The van der Waals surface area contributed by atoms with Gasteiger partial charge in [0.1, 0.15) is 11.5 Å². The third-order valence-corrected chi connectivity index (χ3v) is 2.52. The maximum absolute atomic E-state index is 8.67. The van der Waals surface area contributed by atoms with Gasteiger partial charge < -0.3 is 19.9 Å². The SMILES string of the molecule is COc1cc(NCCCCCO)cc(OC)c1. The van der Waals surface area contributed by atoms with Gasteiger partial charge in [0.25, 0.3) is 0 Å². The lowest BCUT2D eigenvalue weighted by atomic mass is 10.2. The normalized spacial score (nSPS) is 10.1. The monoisotopic (exact) mass is 239 g/mol. The third kappa shape index (κ3) is 4.95. The molecule has 0 spiro atoms. The van der Waals surface area contributed by atoms with E-state index in [4.69, 9.17) is 14.6 Å². The molecule has 0 saturated heterocycles. The predicted octanol–water partition coefficient (Wildman–Crippen LogP) is 2.28. The van der Waals surface area contributed by atoms with Gasteiger partial charge in [-0.15, -0.1) is 0 Å². The lowest BCUT2D eigenvalue weighted by Gasteiger charge is -2.10. The second kappa shape index (κ2) is 7.79. The van der Waals surface area contributed by atoms with Gasteiger partial charge in [-0.05, 0) is 19.3 Å². The van der Waals surface area contributed by atoms with E-state index in [1.54, 1.807) is 14.2 Å². The number of rotatable bonds is 8. The molecule has 0 aromatic heterocycles. The maximum Gasteiger partial charge on any atom is 0.124 e. The number of benzene rings is 1. The Morgan fingerprint density at radius 1 is 1.00 bits per heavy atom. The van der Waals surface area contributed by atoms with Crippen LogP contribution in [0.2, 0.25) is 0 Å². The van der Waals surface area contributed by atoms with E-state index < -0.39 is 0 Å². The Morgan fingerprint density at radius 3 is 2.18 bits per heavy atom. The molecular formula is C13H21NO3. The molecule has 0 aliphatic carbocycles. The second-order valence-corrected chi connectivity index (χ2v) is 3.81. The highest BCUT2D eigenvalue weighted by Crippen LogP contribution is 2.25. The van der Waals surface area contributed by atoms with Crippen LogP contribution >= 0.6 is 0 Å². The van der Waals surface area contributed by atoms with Gasteiger partial charge in [0, 0.05) is 37.0 Å². The standard InChI is InChI=1S/C13H21NO3/c1-16-12-8-11(9-13(10-12)17-2)14-6-4-3-5-7-15/h8-10,14-15H,3-7H2,1-2H3. The van der Waals surface area contributed by atoms with Gasteiger partial charge in [0.05, 0.1) is 14.2 Å². The van der Waals surface area contributed by atoms with Gasteiger partial charge >= 0.3 is 0 Å². The Bertz CT molecular complexity index is 306. The van der Waals surface area contributed by atoms with Crippen molar-refractivity contribution in [3.63, 3.8) is 0 Å². The molecule has 0 radical (unpaired) electrons. The zero-order chi connectivity index (χ0) is 12.5. The summed E-state index contributed by atoms with van der Waals surface area (Å²) in [4.78, 5) is 0. The average Bonchev–Trinajstić information content (AvgIpc) is 2.38. The molecule has 0 heterocycles. The molecule has 0 fully saturated rings. The Hall–Kier alpha value is -1.42. The largest absolute Gasteiger partial charge is 0.497 e. The van der Waals surface area contributed by atoms with Crippen LogP contribution in [0.1, 0.15) is 19.3 Å². The first-order valence-corrected chi connectivity index (χ1v) is 5.88. The van der Waals surface area contributed by atoms with E-state index >= 15 is 0 Å². The first kappa shape index (κ1) is 13.6. The second-order valence-electron chi connectivity index (χ2n) is 3.81. The fourth-order valence-electron chi connectivity index (χ4n) is 1.56. The van der Waals surface area contributed by atoms with Crippen LogP contribution in [0.3, 0.4) is 0 Å². The molecule has 4 nitrogen and oxygen atoms in total. The van der Waals surface area contributed by atoms with E-state index in [1.165, 1.54) is 0 Å². The van der Waals surface area contributed by atoms with E-state index in [-0.39, 0.29) is 6.61 Å². The Kier molecular flexibility index (Phi) is 6.25. The van der Waals surface area contributed by atoms with Crippen LogP contribution in [0.4, 0.5) is 5.69 Å². The molecule has 2 N–H and O–H groups in total. The van der Waals surface area contributed by atoms with Crippen molar-refractivity contribution in [1.82, 2.24) is 0 Å². The number of aliphatic hydroxyl groups is 1. The number of hydrogen-bond acceptors (Lipinski definition) is 4. The first-order valence-electron chi connectivity index (χ1n) is 5.88. The first-order chi connectivity index (χ1) is 8.30. The minimum Gasteiger partial charge on any atom is -0.497 e. The average molecular weight is 239 g/mol. The van der Waals surface area contributed by atoms with E-state index in [2.05, 4.69) is 5.32 Å². The summed E-state index contributed by atoms with van der Waals surface area (Å²) >= 11 is 0. The highest BCUT2D eigenvalue weighted by molar-refractivity contribution is 5.53. The molecule has 17 heavy (non-hydrogen) atoms. The van der Waals surface area contributed by atoms with Crippen molar-refractivity contribution in [2.75, 3.05) is 32.7 Å². The van der Waals surface area contributed by atoms with Crippen molar-refractivity contribution in [3.05, 3.63) is 18.2 Å². The lowest BCUT2D eigenvalue weighted by molar-refractivity contribution is 0.283. The van der Waals surface area contributed by atoms with Crippen molar-refractivity contribution >= 4 is 5.69 Å². The number of ether oxygens (including phenoxy) is 2. The third-order valence-electron chi connectivity index (χ3n) is 2.52. The summed E-state index contributed by atoms with van der Waals surface area (Å²) in [6, 6.07) is 5.72. The highest BCUT2D eigenvalue weighted by Gasteiger charge is 2.01. The molecule has 0 amide bonds. The van der Waals surface area contributed by atoms with E-state index in [9.17, 15) is 0 Å². The van der Waals surface area contributed by atoms with Gasteiger partial charge in [0.15, 0.2) is 0 Å². The van der Waals surface area contributed by atoms with E-state index in [0.717, 1.165) is 43.0 Å². The Morgan fingerprint density at radius 2 is 1.65 bits per heavy atom. The van der Waals surface area contributed by atoms with Gasteiger partial charge in [-0.2, -0.15) is 0 Å². The van der Waals surface area contributed by atoms with Crippen LogP contribution in [0.15, 0.2) is 18.2 Å². The van der Waals surface area contributed by atoms with Gasteiger partial charge in [-0.25, -0.2) is 0 Å². The zero-order valence-corrected chi connectivity index (χ0v) is 10.5. The number of nitrogens with one attached hydrogen (secondary N) is 1. The molecule has 0 saturated carbocycles. The molecule has 1 aromatic carbocycles. The van der Waals surface area contributed by atoms with Crippen LogP contribution < -0.4 is 14.8 Å². The van der Waals surface area contributed by atoms with Crippen LogP contribution in [0.25, 0.3) is 0 Å². The van der Waals surface area contributed by atoms with Crippen molar-refractivity contribution in [3.8, 4) is 11.5 Å². The van der Waals surface area contributed by atoms with Crippen molar-refractivity contribution in [2.24, 2.45) is 0 Å². The molecule has 4 heteroatoms. The Balaban J connectivity index is 2.46. The van der Waals surface area contributed by atoms with E-state index in [1.807, 2.05) is 18.2 Å². The van der Waals surface area contributed by atoms with Crippen LogP contribution in [-0.2, 0) is 0 Å². The number of methoxy groups -OCH3 is 2. The van der Waals surface area contributed by atoms with Crippen LogP contribution in [0.5, 0.6) is 11.5 Å². The van der Waals surface area contributed by atoms with Gasteiger partial charge in [-0.3, -0.25) is 0 Å². The molecule has 1 rings (SSSR count). The molecule has 0 unspecified atom stereocenters. The summed E-state index contributed by atoms with van der Waals surface area (Å²) in [6.45, 7) is 1.16. The summed E-state index contributed by atoms with van der Waals surface area (Å²) in [5, 5.41) is 12.0. The van der Waals surface area contributed by atoms with Crippen LogP contribution in [0, 0.1) is 0 Å². The highest BCUT2D eigenvalue weighted by atomic mass is 16.5. The summed E-state index contributed by atoms with van der Waals surface area (Å²) in [6.07, 6.45) is 2.94. The van der Waals surface area contributed by atoms with E-state index in [0.29, 0.717) is 0 Å². The molecule has 1 aromatic rings. The number of aliphatic hydroxyl groups excluding tert-OH is 1. The molecule has 0 atom stereocenters. The summed E-state index contributed by atoms with van der Waals surface area (Å²) in [5.74, 6) is 1.56. The smallest absolute Gasteiger partial charge is 0.124 e. The molecule has 0 bridgehead atoms. The fraction of sp³-hybridized carbons (Fsp3) is 0.538. The lowest BCUT2D eigenvalue weighted by Crippen LogP contribution is -2.02. The minimum atomic E-state index is 0.271. The van der Waals surface area contributed by atoms with Crippen molar-refractivity contribution in [1.29, 1.82) is 0 Å². The maximum atomic E-state index is 8.67.